The van der Waals surface area contributed by atoms with Crippen molar-refractivity contribution in [2.24, 2.45) is 0 Å². The van der Waals surface area contributed by atoms with Gasteiger partial charge in [-0.2, -0.15) is 0 Å². The molecule has 0 N–H and O–H groups in total. The maximum Gasteiger partial charge on any atom is 0.264 e. The van der Waals surface area contributed by atoms with E-state index in [1.165, 1.54) is 5.56 Å². The fraction of sp³-hybridized carbons (Fsp3) is 0.522. The second-order valence-electron chi connectivity index (χ2n) is 7.82. The van der Waals surface area contributed by atoms with Crippen LogP contribution >= 0.6 is 0 Å². The molecule has 3 nitrogen and oxygen atoms in total. The number of fused-ring (bicyclic) bond motifs is 1. The Labute approximate surface area is 167 Å². The minimum Gasteiger partial charge on any atom is -0.368 e. The summed E-state index contributed by atoms with van der Waals surface area (Å²) in [6.45, 7) is 5.33. The summed E-state index contributed by atoms with van der Waals surface area (Å²) in [7, 11) is 3.83. The van der Waals surface area contributed by atoms with Crippen LogP contribution in [0.25, 0.3) is 11.1 Å². The number of hydrogen-bond acceptors (Lipinski definition) is 3. The number of hydrogen-bond donors (Lipinski definition) is 0. The van der Waals surface area contributed by atoms with E-state index >= 15 is 0 Å². The first-order valence-corrected chi connectivity index (χ1v) is 10.3. The second-order valence-corrected chi connectivity index (χ2v) is 7.82. The number of halogens is 2. The lowest BCUT2D eigenvalue weighted by molar-refractivity contribution is 0.152. The van der Waals surface area contributed by atoms with Crippen molar-refractivity contribution in [1.29, 1.82) is 0 Å². The third-order valence-electron chi connectivity index (χ3n) is 5.69. The van der Waals surface area contributed by atoms with Crippen LogP contribution in [0.2, 0.25) is 0 Å². The van der Waals surface area contributed by atoms with E-state index in [1.807, 2.05) is 37.2 Å². The normalized spacial score (nSPS) is 14.9. The van der Waals surface area contributed by atoms with E-state index in [0.717, 1.165) is 55.7 Å². The van der Waals surface area contributed by atoms with Gasteiger partial charge in [0.15, 0.2) is 0 Å². The van der Waals surface area contributed by atoms with E-state index in [-0.39, 0.29) is 5.56 Å². The van der Waals surface area contributed by atoms with Crippen LogP contribution in [0.1, 0.15) is 57.1 Å². The molecular weight excluding hydrogens is 356 g/mol. The van der Waals surface area contributed by atoms with Gasteiger partial charge in [-0.25, -0.2) is 13.8 Å². The van der Waals surface area contributed by atoms with E-state index in [2.05, 4.69) is 23.7 Å². The first-order valence-electron chi connectivity index (χ1n) is 10.3. The standard InChI is InChI=1S/C23H31F2N3/c1-5-8-18(6-2)28-12-7-9-16-13-19(20(23(24)25)14-21(16)28)17-10-11-22(26-15-17)27(3)4/h10-11,13-15,18,23H,5-9,12H2,1-4H3. The van der Waals surface area contributed by atoms with Crippen LogP contribution in [0.3, 0.4) is 0 Å². The van der Waals surface area contributed by atoms with Gasteiger partial charge in [-0.3, -0.25) is 0 Å². The quantitative estimate of drug-likeness (QED) is 0.574. The number of pyridine rings is 1. The fourth-order valence-corrected chi connectivity index (χ4v) is 4.21. The lowest BCUT2D eigenvalue weighted by Gasteiger charge is -2.38. The Morgan fingerprint density at radius 1 is 1.18 bits per heavy atom. The Morgan fingerprint density at radius 2 is 1.96 bits per heavy atom. The van der Waals surface area contributed by atoms with E-state index in [1.54, 1.807) is 12.3 Å². The average Bonchev–Trinajstić information content (AvgIpc) is 2.70. The molecule has 2 heterocycles. The van der Waals surface area contributed by atoms with Crippen molar-refractivity contribution in [3.8, 4) is 11.1 Å². The fourth-order valence-electron chi connectivity index (χ4n) is 4.21. The highest BCUT2D eigenvalue weighted by Crippen LogP contribution is 2.40. The molecule has 0 aliphatic carbocycles. The maximum absolute atomic E-state index is 14.0. The molecule has 1 aromatic heterocycles. The minimum atomic E-state index is -2.51. The number of anilines is 2. The minimum absolute atomic E-state index is 0.108. The largest absolute Gasteiger partial charge is 0.368 e. The molecule has 2 aromatic rings. The number of nitrogens with zero attached hydrogens (tertiary/aromatic N) is 3. The average molecular weight is 388 g/mol. The lowest BCUT2D eigenvalue weighted by atomic mass is 9.91. The zero-order valence-corrected chi connectivity index (χ0v) is 17.4. The molecule has 0 spiro atoms. The van der Waals surface area contributed by atoms with Gasteiger partial charge in [0.1, 0.15) is 5.82 Å². The molecule has 152 valence electrons. The van der Waals surface area contributed by atoms with Crippen LogP contribution in [0.15, 0.2) is 30.5 Å². The number of aromatic nitrogens is 1. The van der Waals surface area contributed by atoms with Crippen LogP contribution in [0.5, 0.6) is 0 Å². The number of aryl methyl sites for hydroxylation is 1. The van der Waals surface area contributed by atoms with Gasteiger partial charge in [-0.1, -0.05) is 20.3 Å². The topological polar surface area (TPSA) is 19.4 Å². The molecule has 1 unspecified atom stereocenters. The third kappa shape index (κ3) is 4.13. The summed E-state index contributed by atoms with van der Waals surface area (Å²) in [5, 5.41) is 0. The predicted octanol–water partition coefficient (Wildman–Crippen LogP) is 6.08. The summed E-state index contributed by atoms with van der Waals surface area (Å²) < 4.78 is 28.0. The van der Waals surface area contributed by atoms with Gasteiger partial charge in [-0.05, 0) is 61.1 Å². The Bertz CT molecular complexity index is 787. The Morgan fingerprint density at radius 3 is 2.54 bits per heavy atom. The number of alkyl halides is 2. The smallest absolute Gasteiger partial charge is 0.264 e. The van der Waals surface area contributed by atoms with E-state index in [0.29, 0.717) is 11.6 Å². The molecule has 0 bridgehead atoms. The van der Waals surface area contributed by atoms with Crippen molar-refractivity contribution >= 4 is 11.5 Å². The van der Waals surface area contributed by atoms with Crippen molar-refractivity contribution < 1.29 is 8.78 Å². The molecule has 1 atom stereocenters. The SMILES string of the molecule is CCCC(CC)N1CCCc2cc(-c3ccc(N(C)C)nc3)c(C(F)F)cc21. The zero-order valence-electron chi connectivity index (χ0n) is 17.4. The zero-order chi connectivity index (χ0) is 20.3. The van der Waals surface area contributed by atoms with Crippen molar-refractivity contribution in [3.05, 3.63) is 41.6 Å². The van der Waals surface area contributed by atoms with Crippen LogP contribution in [0.4, 0.5) is 20.3 Å². The number of rotatable bonds is 7. The van der Waals surface area contributed by atoms with Crippen LogP contribution < -0.4 is 9.80 Å². The van der Waals surface area contributed by atoms with Crippen molar-refractivity contribution in [2.45, 2.75) is 58.4 Å². The highest BCUT2D eigenvalue weighted by Gasteiger charge is 2.26. The van der Waals surface area contributed by atoms with Gasteiger partial charge < -0.3 is 9.80 Å². The summed E-state index contributed by atoms with van der Waals surface area (Å²) in [6.07, 6.45) is 4.44. The highest BCUT2D eigenvalue weighted by molar-refractivity contribution is 5.74. The van der Waals surface area contributed by atoms with E-state index in [9.17, 15) is 8.78 Å². The summed E-state index contributed by atoms with van der Waals surface area (Å²) in [6, 6.07) is 7.91. The molecule has 1 aromatic carbocycles. The molecule has 0 fully saturated rings. The first kappa shape index (κ1) is 20.6. The summed E-state index contributed by atoms with van der Waals surface area (Å²) in [5.41, 5.74) is 3.65. The van der Waals surface area contributed by atoms with Gasteiger partial charge in [-0.15, -0.1) is 0 Å². The highest BCUT2D eigenvalue weighted by atomic mass is 19.3. The van der Waals surface area contributed by atoms with Gasteiger partial charge in [0.2, 0.25) is 0 Å². The van der Waals surface area contributed by atoms with Gasteiger partial charge in [0, 0.05) is 49.7 Å². The van der Waals surface area contributed by atoms with Gasteiger partial charge in [0.05, 0.1) is 0 Å². The molecule has 5 heteroatoms. The van der Waals surface area contributed by atoms with Crippen molar-refractivity contribution in [3.63, 3.8) is 0 Å². The molecule has 0 saturated carbocycles. The summed E-state index contributed by atoms with van der Waals surface area (Å²) >= 11 is 0. The Hall–Kier alpha value is -2.17. The van der Waals surface area contributed by atoms with Crippen LogP contribution in [0, 0.1) is 0 Å². The van der Waals surface area contributed by atoms with E-state index < -0.39 is 6.43 Å². The molecule has 0 saturated heterocycles. The molecule has 28 heavy (non-hydrogen) atoms. The monoisotopic (exact) mass is 387 g/mol. The Kier molecular flexibility index (Phi) is 6.53. The molecule has 3 rings (SSSR count). The Balaban J connectivity index is 2.06. The third-order valence-corrected chi connectivity index (χ3v) is 5.69. The maximum atomic E-state index is 14.0. The van der Waals surface area contributed by atoms with Crippen LogP contribution in [-0.4, -0.2) is 31.7 Å². The lowest BCUT2D eigenvalue weighted by Crippen LogP contribution is -2.38. The van der Waals surface area contributed by atoms with Crippen LogP contribution in [-0.2, 0) is 6.42 Å². The predicted molar refractivity (Wildman–Crippen MR) is 114 cm³/mol. The van der Waals surface area contributed by atoms with Gasteiger partial charge in [0.25, 0.3) is 6.43 Å². The van der Waals surface area contributed by atoms with Crippen molar-refractivity contribution in [1.82, 2.24) is 4.98 Å². The molecule has 0 radical (unpaired) electrons. The number of benzene rings is 1. The molecular formula is C23H31F2N3. The summed E-state index contributed by atoms with van der Waals surface area (Å²) in [5.74, 6) is 0.817. The van der Waals surface area contributed by atoms with E-state index in [4.69, 9.17) is 0 Å². The van der Waals surface area contributed by atoms with Gasteiger partial charge >= 0.3 is 0 Å². The molecule has 1 aliphatic rings. The molecule has 0 amide bonds. The second kappa shape index (κ2) is 8.89. The first-order chi connectivity index (χ1) is 13.5. The van der Waals surface area contributed by atoms with Crippen molar-refractivity contribution in [2.75, 3.05) is 30.4 Å². The summed E-state index contributed by atoms with van der Waals surface area (Å²) in [4.78, 5) is 8.69. The molecule has 1 aliphatic heterocycles.